The Balaban J connectivity index is 3.11. The van der Waals surface area contributed by atoms with Crippen molar-refractivity contribution in [3.05, 3.63) is 34.9 Å². The molecule has 1 atom stereocenters. The van der Waals surface area contributed by atoms with Crippen LogP contribution in [0.1, 0.15) is 29.2 Å². The van der Waals surface area contributed by atoms with Crippen molar-refractivity contribution in [2.75, 3.05) is 0 Å². The van der Waals surface area contributed by atoms with E-state index in [0.717, 1.165) is 6.29 Å². The molecule has 0 saturated carbocycles. The van der Waals surface area contributed by atoms with E-state index in [2.05, 4.69) is 0 Å². The summed E-state index contributed by atoms with van der Waals surface area (Å²) in [4.78, 5) is 20.9. The Bertz CT molecular complexity index is 476. The second-order valence-electron chi connectivity index (χ2n) is 3.48. The highest BCUT2D eigenvalue weighted by Crippen LogP contribution is 2.20. The lowest BCUT2D eigenvalue weighted by atomic mass is 9.98. The van der Waals surface area contributed by atoms with Crippen LogP contribution in [0.4, 0.5) is 0 Å². The Morgan fingerprint density at radius 2 is 2.24 bits per heavy atom. The normalized spacial score (nSPS) is 11.5. The van der Waals surface area contributed by atoms with Gasteiger partial charge in [-0.05, 0) is 18.1 Å². The molecule has 1 rings (SSSR count). The Morgan fingerprint density at radius 1 is 1.53 bits per heavy atom. The maximum absolute atomic E-state index is 10.7. The highest BCUT2D eigenvalue weighted by Gasteiger charge is 2.19. The molecule has 5 heteroatoms. The number of aliphatic hydroxyl groups is 1. The van der Waals surface area contributed by atoms with Gasteiger partial charge in [0, 0.05) is 12.0 Å². The van der Waals surface area contributed by atoms with Crippen molar-refractivity contribution in [2.24, 2.45) is 0 Å². The Kier molecular flexibility index (Phi) is 4.37. The van der Waals surface area contributed by atoms with Crippen LogP contribution in [-0.2, 0) is 16.0 Å². The fourth-order valence-electron chi connectivity index (χ4n) is 1.45. The average molecular weight is 233 g/mol. The van der Waals surface area contributed by atoms with Crippen LogP contribution in [0.5, 0.6) is 0 Å². The molecule has 17 heavy (non-hydrogen) atoms. The molecule has 88 valence electrons. The first-order valence-corrected chi connectivity index (χ1v) is 4.97. The quantitative estimate of drug-likeness (QED) is 0.733. The standard InChI is InChI=1S/C12H11NO4/c13-7-9-4-3-8(2-1-5-14)6-10(9)11(15)12(16)17/h3-6,11,15H,1-2H2,(H,16,17). The van der Waals surface area contributed by atoms with E-state index < -0.39 is 12.1 Å². The van der Waals surface area contributed by atoms with Gasteiger partial charge in [-0.25, -0.2) is 4.79 Å². The van der Waals surface area contributed by atoms with Crippen LogP contribution in [0.2, 0.25) is 0 Å². The summed E-state index contributed by atoms with van der Waals surface area (Å²) in [6, 6.07) is 6.35. The number of carbonyl (C=O) groups is 2. The van der Waals surface area contributed by atoms with E-state index in [-0.39, 0.29) is 11.1 Å². The van der Waals surface area contributed by atoms with E-state index in [1.165, 1.54) is 12.1 Å². The molecule has 0 aliphatic heterocycles. The molecule has 1 unspecified atom stereocenters. The smallest absolute Gasteiger partial charge is 0.337 e. The number of carboxylic acids is 1. The van der Waals surface area contributed by atoms with E-state index >= 15 is 0 Å². The number of carboxylic acid groups (broad SMARTS) is 1. The molecule has 0 spiro atoms. The van der Waals surface area contributed by atoms with Crippen molar-refractivity contribution in [1.29, 1.82) is 5.26 Å². The zero-order chi connectivity index (χ0) is 12.8. The SMILES string of the molecule is N#Cc1ccc(CCC=O)cc1C(O)C(=O)O. The van der Waals surface area contributed by atoms with Gasteiger partial charge in [0.15, 0.2) is 6.10 Å². The molecule has 1 aromatic rings. The van der Waals surface area contributed by atoms with Gasteiger partial charge in [0.25, 0.3) is 0 Å². The molecule has 0 saturated heterocycles. The summed E-state index contributed by atoms with van der Waals surface area (Å²) < 4.78 is 0. The van der Waals surface area contributed by atoms with Crippen molar-refractivity contribution in [3.63, 3.8) is 0 Å². The number of rotatable bonds is 5. The number of aldehydes is 1. The minimum Gasteiger partial charge on any atom is -0.479 e. The van der Waals surface area contributed by atoms with Crippen molar-refractivity contribution in [1.82, 2.24) is 0 Å². The molecular formula is C12H11NO4. The van der Waals surface area contributed by atoms with E-state index in [4.69, 9.17) is 10.4 Å². The predicted octanol–water partition coefficient (Wildman–Crippen LogP) is 0.808. The summed E-state index contributed by atoms with van der Waals surface area (Å²) in [5, 5.41) is 27.0. The fraction of sp³-hybridized carbons (Fsp3) is 0.250. The highest BCUT2D eigenvalue weighted by molar-refractivity contribution is 5.75. The van der Waals surface area contributed by atoms with Gasteiger partial charge in [0.2, 0.25) is 0 Å². The number of carbonyl (C=O) groups excluding carboxylic acids is 1. The van der Waals surface area contributed by atoms with E-state index in [1.54, 1.807) is 6.07 Å². The zero-order valence-electron chi connectivity index (χ0n) is 8.96. The summed E-state index contributed by atoms with van der Waals surface area (Å²) in [6.45, 7) is 0. The molecule has 1 aromatic carbocycles. The van der Waals surface area contributed by atoms with Crippen LogP contribution >= 0.6 is 0 Å². The number of nitriles is 1. The van der Waals surface area contributed by atoms with Crippen LogP contribution in [-0.4, -0.2) is 22.5 Å². The monoisotopic (exact) mass is 233 g/mol. The van der Waals surface area contributed by atoms with Gasteiger partial charge in [-0.2, -0.15) is 5.26 Å². The molecule has 0 amide bonds. The van der Waals surface area contributed by atoms with Crippen LogP contribution < -0.4 is 0 Å². The van der Waals surface area contributed by atoms with Gasteiger partial charge in [0.05, 0.1) is 11.6 Å². The van der Waals surface area contributed by atoms with Crippen molar-refractivity contribution in [2.45, 2.75) is 18.9 Å². The minimum absolute atomic E-state index is 0.0587. The third-order valence-corrected chi connectivity index (χ3v) is 2.32. The number of hydrogen-bond donors (Lipinski definition) is 2. The van der Waals surface area contributed by atoms with Crippen molar-refractivity contribution >= 4 is 12.3 Å². The molecule has 0 aliphatic carbocycles. The molecule has 2 N–H and O–H groups in total. The molecule has 0 radical (unpaired) electrons. The Labute approximate surface area is 97.9 Å². The van der Waals surface area contributed by atoms with Gasteiger partial charge >= 0.3 is 5.97 Å². The lowest BCUT2D eigenvalue weighted by molar-refractivity contribution is -0.147. The zero-order valence-corrected chi connectivity index (χ0v) is 8.96. The second kappa shape index (κ2) is 5.77. The maximum atomic E-state index is 10.7. The number of hydrogen-bond acceptors (Lipinski definition) is 4. The minimum atomic E-state index is -1.72. The number of nitrogens with zero attached hydrogens (tertiary/aromatic N) is 1. The number of aliphatic hydroxyl groups excluding tert-OH is 1. The molecule has 0 bridgehead atoms. The first kappa shape index (κ1) is 12.9. The summed E-state index contributed by atoms with van der Waals surface area (Å²) in [7, 11) is 0. The molecule has 5 nitrogen and oxygen atoms in total. The summed E-state index contributed by atoms with van der Waals surface area (Å²) in [5.41, 5.74) is 0.893. The van der Waals surface area contributed by atoms with E-state index in [9.17, 15) is 14.7 Å². The summed E-state index contributed by atoms with van der Waals surface area (Å²) in [6.07, 6.45) is -0.199. The molecular weight excluding hydrogens is 222 g/mol. The van der Waals surface area contributed by atoms with Crippen LogP contribution in [0.3, 0.4) is 0 Å². The first-order valence-electron chi connectivity index (χ1n) is 4.97. The Morgan fingerprint density at radius 3 is 2.76 bits per heavy atom. The molecule has 0 fully saturated rings. The van der Waals surface area contributed by atoms with E-state index in [1.807, 2.05) is 6.07 Å². The lowest BCUT2D eigenvalue weighted by Crippen LogP contribution is -2.12. The van der Waals surface area contributed by atoms with Crippen LogP contribution in [0, 0.1) is 11.3 Å². The van der Waals surface area contributed by atoms with Gasteiger partial charge in [-0.1, -0.05) is 12.1 Å². The van der Waals surface area contributed by atoms with Crippen LogP contribution in [0.25, 0.3) is 0 Å². The number of aliphatic carboxylic acids is 1. The van der Waals surface area contributed by atoms with Gasteiger partial charge in [0.1, 0.15) is 6.29 Å². The van der Waals surface area contributed by atoms with Crippen molar-refractivity contribution in [3.8, 4) is 6.07 Å². The molecule has 0 aliphatic rings. The topological polar surface area (TPSA) is 98.4 Å². The number of benzene rings is 1. The van der Waals surface area contributed by atoms with Crippen molar-refractivity contribution < 1.29 is 19.8 Å². The van der Waals surface area contributed by atoms with Gasteiger partial charge < -0.3 is 15.0 Å². The number of aryl methyl sites for hydroxylation is 1. The predicted molar refractivity (Wildman–Crippen MR) is 58.1 cm³/mol. The second-order valence-corrected chi connectivity index (χ2v) is 3.48. The summed E-state index contributed by atoms with van der Waals surface area (Å²) in [5.74, 6) is -1.41. The molecule has 0 aromatic heterocycles. The van der Waals surface area contributed by atoms with E-state index in [0.29, 0.717) is 18.4 Å². The van der Waals surface area contributed by atoms with Gasteiger partial charge in [-0.15, -0.1) is 0 Å². The maximum Gasteiger partial charge on any atom is 0.337 e. The van der Waals surface area contributed by atoms with Crippen LogP contribution in [0.15, 0.2) is 18.2 Å². The summed E-state index contributed by atoms with van der Waals surface area (Å²) >= 11 is 0. The largest absolute Gasteiger partial charge is 0.479 e. The highest BCUT2D eigenvalue weighted by atomic mass is 16.4. The average Bonchev–Trinajstić information content (AvgIpc) is 2.34. The first-order chi connectivity index (χ1) is 8.10. The third kappa shape index (κ3) is 3.13. The third-order valence-electron chi connectivity index (χ3n) is 2.32. The lowest BCUT2D eigenvalue weighted by Gasteiger charge is -2.09. The Hall–Kier alpha value is -2.19. The fourth-order valence-corrected chi connectivity index (χ4v) is 1.45. The molecule has 0 heterocycles. The van der Waals surface area contributed by atoms with Gasteiger partial charge in [-0.3, -0.25) is 0 Å².